The number of nitrogens with one attached hydrogen (secondary N) is 1. The van der Waals surface area contributed by atoms with Crippen molar-refractivity contribution in [1.82, 2.24) is 4.72 Å². The molecule has 212 valence electrons. The SMILES string of the molecule is CO[C@@H]1OC(CS(=O)(=O)[O-])[C@H](O[C@@H]2OC(C(=O)[O-])[C@H](OC)[C@H](O)C2S(=O)(=O)[O-])[C@H](O)C1NS(=O)(=O)[O-]. The van der Waals surface area contributed by atoms with Crippen molar-refractivity contribution in [3.63, 3.8) is 0 Å². The maximum Gasteiger partial charge on any atom is 0.177 e. The zero-order chi connectivity index (χ0) is 27.8. The van der Waals surface area contributed by atoms with E-state index >= 15 is 0 Å². The Balaban J connectivity index is 2.55. The molecule has 0 spiro atoms. The first kappa shape index (κ1) is 31.1. The molecule has 0 aromatic rings. The van der Waals surface area contributed by atoms with E-state index < -0.39 is 103 Å². The van der Waals surface area contributed by atoms with Crippen LogP contribution in [0.25, 0.3) is 0 Å². The standard InChI is InChI=1S/C14H25NO18S3/c1-29-9-7(17)11(35(23,24)25)14(33-10(9)12(18)19)32-8-4(3-34(20,21)22)31-13(30-2)5(6(8)16)15-36(26,27)28/h4-11,13-17H,3H2,1-2H3,(H,18,19)(H,20,21,22)(H,23,24,25)(H,26,27,28)/p-4/t4?,5?,6-,7+,8+,9-,10?,11?,13-,14-/m1/s1. The summed E-state index contributed by atoms with van der Waals surface area (Å²) in [7, 11) is -14.5. The molecule has 4 unspecified atom stereocenters. The summed E-state index contributed by atoms with van der Waals surface area (Å²) in [6.07, 6.45) is -17.9. The molecule has 2 fully saturated rings. The quantitative estimate of drug-likeness (QED) is 0.200. The molecule has 2 heterocycles. The van der Waals surface area contributed by atoms with Gasteiger partial charge in [0, 0.05) is 14.2 Å². The van der Waals surface area contributed by atoms with Gasteiger partial charge in [-0.2, -0.15) is 0 Å². The number of carboxylic acid groups (broad SMARTS) is 1. The highest BCUT2D eigenvalue weighted by atomic mass is 32.2. The van der Waals surface area contributed by atoms with E-state index in [4.69, 9.17) is 18.9 Å². The number of methoxy groups -OCH3 is 2. The fraction of sp³-hybridized carbons (Fsp3) is 0.929. The number of carbonyl (C=O) groups excluding carboxylic acids is 1. The number of aliphatic hydroxyl groups is 2. The fourth-order valence-corrected chi connectivity index (χ4v) is 5.92. The Labute approximate surface area is 204 Å². The van der Waals surface area contributed by atoms with Crippen molar-refractivity contribution in [3.05, 3.63) is 0 Å². The molecule has 22 heteroatoms. The lowest BCUT2D eigenvalue weighted by atomic mass is 9.97. The predicted molar refractivity (Wildman–Crippen MR) is 102 cm³/mol. The van der Waals surface area contributed by atoms with E-state index in [2.05, 4.69) is 4.74 Å². The monoisotopic (exact) mass is 587 g/mol. The summed E-state index contributed by atoms with van der Waals surface area (Å²) in [5.41, 5.74) is 0. The summed E-state index contributed by atoms with van der Waals surface area (Å²) in [4.78, 5) is 11.4. The molecule has 0 bridgehead atoms. The third-order valence-corrected chi connectivity index (χ3v) is 7.67. The van der Waals surface area contributed by atoms with Crippen LogP contribution in [0.4, 0.5) is 0 Å². The molecule has 2 aliphatic heterocycles. The summed E-state index contributed by atoms with van der Waals surface area (Å²) >= 11 is 0. The Hall–Kier alpha value is -1.12. The summed E-state index contributed by atoms with van der Waals surface area (Å²) in [6, 6.07) is -2.06. The average molecular weight is 588 g/mol. The minimum Gasteiger partial charge on any atom is -0.748 e. The molecule has 0 aromatic heterocycles. The second-order valence-electron chi connectivity index (χ2n) is 7.58. The van der Waals surface area contributed by atoms with E-state index in [1.165, 1.54) is 4.72 Å². The maximum atomic E-state index is 11.8. The minimum absolute atomic E-state index is 0.835. The van der Waals surface area contributed by atoms with E-state index in [1.54, 1.807) is 0 Å². The summed E-state index contributed by atoms with van der Waals surface area (Å²) in [5.74, 6) is -3.59. The molecule has 2 aliphatic rings. The first-order chi connectivity index (χ1) is 16.3. The Bertz CT molecular complexity index is 1110. The van der Waals surface area contributed by atoms with E-state index in [0.717, 1.165) is 14.2 Å². The number of rotatable bonds is 10. The second-order valence-corrected chi connectivity index (χ2v) is 11.7. The Kier molecular flexibility index (Phi) is 9.78. The van der Waals surface area contributed by atoms with Crippen LogP contribution in [-0.2, 0) is 59.0 Å². The molecule has 0 aromatic carbocycles. The van der Waals surface area contributed by atoms with Crippen molar-refractivity contribution in [2.24, 2.45) is 0 Å². The molecule has 3 N–H and O–H groups in total. The summed E-state index contributed by atoms with van der Waals surface area (Å²) in [5, 5.41) is 29.8. The summed E-state index contributed by atoms with van der Waals surface area (Å²) < 4.78 is 129. The normalized spacial score (nSPS) is 38.5. The average Bonchev–Trinajstić information content (AvgIpc) is 2.69. The van der Waals surface area contributed by atoms with E-state index in [9.17, 15) is 59.0 Å². The zero-order valence-electron chi connectivity index (χ0n) is 18.1. The van der Waals surface area contributed by atoms with Crippen LogP contribution in [0, 0.1) is 0 Å². The highest BCUT2D eigenvalue weighted by Crippen LogP contribution is 2.33. The number of hydrogen-bond acceptors (Lipinski definition) is 18. The molecule has 0 radical (unpaired) electrons. The van der Waals surface area contributed by atoms with Crippen LogP contribution in [0.15, 0.2) is 0 Å². The third-order valence-electron chi connectivity index (χ3n) is 5.20. The van der Waals surface area contributed by atoms with Gasteiger partial charge < -0.3 is 57.5 Å². The van der Waals surface area contributed by atoms with Gasteiger partial charge in [-0.1, -0.05) is 0 Å². The van der Waals surface area contributed by atoms with Gasteiger partial charge in [0.2, 0.25) is 0 Å². The number of ether oxygens (including phenoxy) is 5. The Morgan fingerprint density at radius 1 is 0.917 bits per heavy atom. The molecule has 0 amide bonds. The van der Waals surface area contributed by atoms with Gasteiger partial charge in [0.05, 0.1) is 21.8 Å². The lowest BCUT2D eigenvalue weighted by molar-refractivity contribution is -0.349. The smallest absolute Gasteiger partial charge is 0.177 e. The van der Waals surface area contributed by atoms with Crippen LogP contribution in [0.2, 0.25) is 0 Å². The van der Waals surface area contributed by atoms with Crippen LogP contribution in [0.1, 0.15) is 0 Å². The van der Waals surface area contributed by atoms with Crippen LogP contribution < -0.4 is 9.83 Å². The van der Waals surface area contributed by atoms with E-state index in [1.807, 2.05) is 0 Å². The first-order valence-electron chi connectivity index (χ1n) is 9.51. The molecular formula is C14H21NO18S3-4. The predicted octanol–water partition coefficient (Wildman–Crippen LogP) is -7.17. The van der Waals surface area contributed by atoms with Crippen LogP contribution in [-0.4, -0.2) is 136 Å². The molecule has 0 saturated carbocycles. The van der Waals surface area contributed by atoms with Crippen molar-refractivity contribution < 1.29 is 82.7 Å². The van der Waals surface area contributed by atoms with Crippen molar-refractivity contribution in [2.75, 3.05) is 20.0 Å². The minimum atomic E-state index is -5.63. The van der Waals surface area contributed by atoms with Crippen molar-refractivity contribution in [3.8, 4) is 0 Å². The van der Waals surface area contributed by atoms with Gasteiger partial charge in [0.25, 0.3) is 0 Å². The zero-order valence-corrected chi connectivity index (χ0v) is 20.6. The number of hydrogen-bond donors (Lipinski definition) is 3. The maximum absolute atomic E-state index is 11.8. The fourth-order valence-electron chi connectivity index (χ4n) is 3.77. The first-order valence-corrected chi connectivity index (χ1v) is 14.0. The van der Waals surface area contributed by atoms with Crippen molar-refractivity contribution >= 4 is 36.5 Å². The summed E-state index contributed by atoms with van der Waals surface area (Å²) in [6.45, 7) is 0. The topological polar surface area (TPSA) is 310 Å². The van der Waals surface area contributed by atoms with E-state index in [0.29, 0.717) is 0 Å². The Morgan fingerprint density at radius 3 is 1.92 bits per heavy atom. The van der Waals surface area contributed by atoms with Crippen LogP contribution in [0.5, 0.6) is 0 Å². The molecule has 10 atom stereocenters. The Morgan fingerprint density at radius 2 is 1.50 bits per heavy atom. The van der Waals surface area contributed by atoms with Gasteiger partial charge in [-0.25, -0.2) is 30.0 Å². The third kappa shape index (κ3) is 7.47. The molecule has 2 saturated heterocycles. The van der Waals surface area contributed by atoms with E-state index in [-0.39, 0.29) is 0 Å². The van der Waals surface area contributed by atoms with Gasteiger partial charge in [-0.15, -0.1) is 0 Å². The number of carboxylic acids is 1. The van der Waals surface area contributed by atoms with Gasteiger partial charge in [0.1, 0.15) is 58.0 Å². The van der Waals surface area contributed by atoms with Crippen LogP contribution >= 0.6 is 0 Å². The molecular weight excluding hydrogens is 566 g/mol. The lowest BCUT2D eigenvalue weighted by Gasteiger charge is -2.49. The lowest BCUT2D eigenvalue weighted by Crippen LogP contribution is -2.69. The molecule has 19 nitrogen and oxygen atoms in total. The molecule has 0 aliphatic carbocycles. The van der Waals surface area contributed by atoms with Gasteiger partial charge in [0.15, 0.2) is 22.9 Å². The van der Waals surface area contributed by atoms with Gasteiger partial charge in [-0.3, -0.25) is 0 Å². The largest absolute Gasteiger partial charge is 0.748 e. The highest BCUT2D eigenvalue weighted by molar-refractivity contribution is 7.86. The highest BCUT2D eigenvalue weighted by Gasteiger charge is 2.54. The second kappa shape index (κ2) is 11.3. The molecule has 36 heavy (non-hydrogen) atoms. The van der Waals surface area contributed by atoms with Crippen LogP contribution in [0.3, 0.4) is 0 Å². The van der Waals surface area contributed by atoms with Crippen molar-refractivity contribution in [2.45, 2.75) is 60.5 Å². The molecule has 2 rings (SSSR count). The number of aliphatic hydroxyl groups excluding tert-OH is 2. The van der Waals surface area contributed by atoms with Gasteiger partial charge in [-0.05, 0) is 0 Å². The van der Waals surface area contributed by atoms with Gasteiger partial charge >= 0.3 is 0 Å². The number of aliphatic carboxylic acids is 1. The van der Waals surface area contributed by atoms with Crippen molar-refractivity contribution in [1.29, 1.82) is 0 Å². The number of carbonyl (C=O) groups is 1.